The van der Waals surface area contributed by atoms with E-state index in [4.69, 9.17) is 28.3 Å². The molecule has 1 fully saturated rings. The van der Waals surface area contributed by atoms with Crippen molar-refractivity contribution in [3.63, 3.8) is 0 Å². The number of halogens is 2. The first-order valence-corrected chi connectivity index (χ1v) is 8.16. The Morgan fingerprint density at radius 3 is 2.71 bits per heavy atom. The molecule has 2 atom stereocenters. The topological polar surface area (TPSA) is 70.1 Å². The maximum absolute atomic E-state index is 9.00. The fourth-order valence-electron chi connectivity index (χ4n) is 2.05. The quantitative estimate of drug-likeness (QED) is 0.702. The number of thiophene rings is 1. The van der Waals surface area contributed by atoms with E-state index in [0.29, 0.717) is 28.2 Å². The first-order valence-electron chi connectivity index (χ1n) is 6.53. The molecule has 2 unspecified atom stereocenters. The smallest absolute Gasteiger partial charge is 0.230 e. The van der Waals surface area contributed by atoms with Gasteiger partial charge in [0.05, 0.1) is 5.69 Å². The summed E-state index contributed by atoms with van der Waals surface area (Å²) in [7, 11) is 0. The Balaban J connectivity index is 1.57. The zero-order valence-corrected chi connectivity index (χ0v) is 13.3. The molecule has 0 saturated heterocycles. The van der Waals surface area contributed by atoms with Crippen molar-refractivity contribution in [3.05, 3.63) is 32.7 Å². The molecule has 2 aromatic heterocycles. The van der Waals surface area contributed by atoms with Crippen LogP contribution in [0.5, 0.6) is 0 Å². The van der Waals surface area contributed by atoms with E-state index in [1.54, 1.807) is 11.3 Å². The van der Waals surface area contributed by atoms with E-state index in [-0.39, 0.29) is 6.61 Å². The Morgan fingerprint density at radius 2 is 2.05 bits per heavy atom. The Hall–Kier alpha value is -0.920. The molecule has 0 bridgehead atoms. The van der Waals surface area contributed by atoms with Crippen LogP contribution in [0.25, 0.3) is 0 Å². The summed E-state index contributed by atoms with van der Waals surface area (Å²) in [6, 6.07) is 3.97. The van der Waals surface area contributed by atoms with Gasteiger partial charge in [-0.3, -0.25) is 0 Å². The third kappa shape index (κ3) is 4.05. The molecule has 2 aromatic rings. The summed E-state index contributed by atoms with van der Waals surface area (Å²) in [5.41, 5.74) is 0.907. The highest BCUT2D eigenvalue weighted by Crippen LogP contribution is 2.30. The van der Waals surface area contributed by atoms with E-state index in [2.05, 4.69) is 20.6 Å². The molecule has 3 N–H and O–H groups in total. The molecule has 112 valence electrons. The number of nitrogens with one attached hydrogen (secondary N) is 2. The Bertz CT molecular complexity index is 616. The number of anilines is 2. The van der Waals surface area contributed by atoms with Crippen LogP contribution in [-0.4, -0.2) is 27.7 Å². The Labute approximate surface area is 136 Å². The standard InChI is InChI=1S/C13H14Cl2N4OS/c14-11-3-12(15)19-13(18-11)17-8-2-9(21-6-8)4-16-10-1-7(10)5-20/h2-3,6-7,10,16,20H,1,4-5H2,(H,17,18,19). The van der Waals surface area contributed by atoms with Gasteiger partial charge in [-0.15, -0.1) is 11.3 Å². The van der Waals surface area contributed by atoms with Gasteiger partial charge in [-0.1, -0.05) is 23.2 Å². The van der Waals surface area contributed by atoms with Gasteiger partial charge in [-0.2, -0.15) is 0 Å². The molecule has 5 nitrogen and oxygen atoms in total. The molecular weight excluding hydrogens is 331 g/mol. The molecular formula is C13H14Cl2N4OS. The molecule has 0 spiro atoms. The molecule has 0 radical (unpaired) electrons. The zero-order valence-electron chi connectivity index (χ0n) is 11.0. The molecule has 8 heteroatoms. The first kappa shape index (κ1) is 15.0. The number of aliphatic hydroxyl groups excluding tert-OH is 1. The minimum atomic E-state index is 0.266. The lowest BCUT2D eigenvalue weighted by molar-refractivity contribution is 0.271. The van der Waals surface area contributed by atoms with E-state index >= 15 is 0 Å². The number of hydrogen-bond acceptors (Lipinski definition) is 6. The lowest BCUT2D eigenvalue weighted by Gasteiger charge is -2.03. The summed E-state index contributed by atoms with van der Waals surface area (Å²) in [4.78, 5) is 9.33. The average Bonchev–Trinajstić information content (AvgIpc) is 3.06. The molecule has 0 aliphatic heterocycles. The van der Waals surface area contributed by atoms with E-state index < -0.39 is 0 Å². The zero-order chi connectivity index (χ0) is 14.8. The van der Waals surface area contributed by atoms with Crippen LogP contribution in [0, 0.1) is 5.92 Å². The van der Waals surface area contributed by atoms with Gasteiger partial charge in [-0.05, 0) is 18.4 Å². The fraction of sp³-hybridized carbons (Fsp3) is 0.385. The summed E-state index contributed by atoms with van der Waals surface area (Å²) in [6.07, 6.45) is 1.06. The molecule has 2 heterocycles. The first-order chi connectivity index (χ1) is 10.1. The van der Waals surface area contributed by atoms with Crippen LogP contribution in [0.3, 0.4) is 0 Å². The van der Waals surface area contributed by atoms with E-state index in [1.165, 1.54) is 10.9 Å². The van der Waals surface area contributed by atoms with Crippen LogP contribution in [0.4, 0.5) is 11.6 Å². The third-order valence-electron chi connectivity index (χ3n) is 3.27. The van der Waals surface area contributed by atoms with Crippen molar-refractivity contribution in [2.24, 2.45) is 5.92 Å². The fourth-order valence-corrected chi connectivity index (χ4v) is 3.23. The largest absolute Gasteiger partial charge is 0.396 e. The van der Waals surface area contributed by atoms with Crippen LogP contribution < -0.4 is 10.6 Å². The summed E-state index contributed by atoms with van der Waals surface area (Å²) in [5.74, 6) is 0.803. The van der Waals surface area contributed by atoms with Crippen molar-refractivity contribution in [2.75, 3.05) is 11.9 Å². The Kier molecular flexibility index (Phi) is 4.61. The van der Waals surface area contributed by atoms with Gasteiger partial charge < -0.3 is 15.7 Å². The third-order valence-corrected chi connectivity index (χ3v) is 4.59. The van der Waals surface area contributed by atoms with Gasteiger partial charge in [0.15, 0.2) is 0 Å². The molecule has 3 rings (SSSR count). The molecule has 1 aliphatic carbocycles. The van der Waals surface area contributed by atoms with Gasteiger partial charge in [0.25, 0.3) is 0 Å². The number of aliphatic hydroxyl groups is 1. The van der Waals surface area contributed by atoms with Gasteiger partial charge >= 0.3 is 0 Å². The maximum atomic E-state index is 9.00. The molecule has 1 saturated carbocycles. The second-order valence-electron chi connectivity index (χ2n) is 4.93. The van der Waals surface area contributed by atoms with Crippen molar-refractivity contribution in [1.29, 1.82) is 0 Å². The molecule has 1 aliphatic rings. The highest BCUT2D eigenvalue weighted by Gasteiger charge is 2.35. The van der Waals surface area contributed by atoms with E-state index in [9.17, 15) is 0 Å². The number of hydrogen-bond donors (Lipinski definition) is 3. The monoisotopic (exact) mass is 344 g/mol. The van der Waals surface area contributed by atoms with Crippen molar-refractivity contribution < 1.29 is 5.11 Å². The summed E-state index contributed by atoms with van der Waals surface area (Å²) in [6.45, 7) is 1.06. The van der Waals surface area contributed by atoms with Gasteiger partial charge in [-0.25, -0.2) is 9.97 Å². The van der Waals surface area contributed by atoms with Crippen LogP contribution in [0.2, 0.25) is 10.3 Å². The highest BCUT2D eigenvalue weighted by atomic mass is 35.5. The van der Waals surface area contributed by atoms with Crippen molar-refractivity contribution in [2.45, 2.75) is 19.0 Å². The SMILES string of the molecule is OCC1CC1NCc1cc(Nc2nc(Cl)cc(Cl)n2)cs1. The normalized spacial score (nSPS) is 20.5. The van der Waals surface area contributed by atoms with Gasteiger partial charge in [0.2, 0.25) is 5.95 Å². The lowest BCUT2D eigenvalue weighted by atomic mass is 10.4. The second-order valence-corrected chi connectivity index (χ2v) is 6.70. The van der Waals surface area contributed by atoms with Crippen LogP contribution in [0.15, 0.2) is 17.5 Å². The number of nitrogens with zero attached hydrogens (tertiary/aromatic N) is 2. The summed E-state index contributed by atoms with van der Waals surface area (Å²) in [5, 5.41) is 18.1. The maximum Gasteiger partial charge on any atom is 0.230 e. The van der Waals surface area contributed by atoms with Crippen LogP contribution in [-0.2, 0) is 6.54 Å². The van der Waals surface area contributed by atoms with Crippen LogP contribution >= 0.6 is 34.5 Å². The molecule has 21 heavy (non-hydrogen) atoms. The molecule has 0 amide bonds. The van der Waals surface area contributed by atoms with Crippen molar-refractivity contribution in [1.82, 2.24) is 15.3 Å². The predicted octanol–water partition coefficient (Wildman–Crippen LogP) is 3.06. The van der Waals surface area contributed by atoms with E-state index in [0.717, 1.165) is 18.7 Å². The predicted molar refractivity (Wildman–Crippen MR) is 85.5 cm³/mol. The molecule has 0 aromatic carbocycles. The minimum Gasteiger partial charge on any atom is -0.396 e. The van der Waals surface area contributed by atoms with Crippen molar-refractivity contribution in [3.8, 4) is 0 Å². The number of rotatable bonds is 6. The van der Waals surface area contributed by atoms with Crippen molar-refractivity contribution >= 4 is 46.2 Å². The highest BCUT2D eigenvalue weighted by molar-refractivity contribution is 7.10. The van der Waals surface area contributed by atoms with Gasteiger partial charge in [0.1, 0.15) is 10.3 Å². The minimum absolute atomic E-state index is 0.266. The number of aromatic nitrogens is 2. The summed E-state index contributed by atoms with van der Waals surface area (Å²) >= 11 is 13.3. The lowest BCUT2D eigenvalue weighted by Crippen LogP contribution is -2.17. The second kappa shape index (κ2) is 6.46. The summed E-state index contributed by atoms with van der Waals surface area (Å²) < 4.78 is 0. The van der Waals surface area contributed by atoms with Crippen LogP contribution in [0.1, 0.15) is 11.3 Å². The van der Waals surface area contributed by atoms with Gasteiger partial charge in [0, 0.05) is 35.5 Å². The average molecular weight is 345 g/mol. The van der Waals surface area contributed by atoms with E-state index in [1.807, 2.05) is 11.4 Å². The Morgan fingerprint density at radius 1 is 1.29 bits per heavy atom.